The third-order valence-corrected chi connectivity index (χ3v) is 11.0. The highest BCUT2D eigenvalue weighted by molar-refractivity contribution is 6.05. The molecule has 2 aromatic heterocycles. The minimum absolute atomic E-state index is 0.100. The van der Waals surface area contributed by atoms with Crippen molar-refractivity contribution in [3.63, 3.8) is 0 Å². The molecule has 3 aliphatic heterocycles. The average molecular weight is 702 g/mol. The molecule has 3 fully saturated rings. The lowest BCUT2D eigenvalue weighted by Gasteiger charge is -2.32. The molecule has 0 bridgehead atoms. The second-order valence-corrected chi connectivity index (χ2v) is 14.6. The van der Waals surface area contributed by atoms with Crippen molar-refractivity contribution in [1.82, 2.24) is 30.3 Å². The minimum Gasteiger partial charge on any atom is -0.489 e. The van der Waals surface area contributed by atoms with Gasteiger partial charge in [-0.3, -0.25) is 39.5 Å². The molecule has 268 valence electrons. The number of pyridine rings is 1. The van der Waals surface area contributed by atoms with Crippen molar-refractivity contribution >= 4 is 29.4 Å². The van der Waals surface area contributed by atoms with E-state index in [0.717, 1.165) is 74.3 Å². The van der Waals surface area contributed by atoms with E-state index in [-0.39, 0.29) is 42.6 Å². The van der Waals surface area contributed by atoms with Crippen LogP contribution in [0.4, 0.5) is 5.82 Å². The van der Waals surface area contributed by atoms with Crippen LogP contribution in [0, 0.1) is 0 Å². The number of likely N-dealkylation sites (tertiary alicyclic amines) is 1. The molecule has 1 aliphatic carbocycles. The molecule has 12 heteroatoms. The first-order valence-electron chi connectivity index (χ1n) is 18.3. The number of hydrogen-bond acceptors (Lipinski definition) is 8. The highest BCUT2D eigenvalue weighted by atomic mass is 16.5. The van der Waals surface area contributed by atoms with E-state index in [1.165, 1.54) is 11.1 Å². The molecule has 1 unspecified atom stereocenters. The number of hydrogen-bond donors (Lipinski definition) is 3. The Kier molecular flexibility index (Phi) is 9.55. The molecule has 0 radical (unpaired) electrons. The van der Waals surface area contributed by atoms with E-state index < -0.39 is 6.04 Å². The van der Waals surface area contributed by atoms with Gasteiger partial charge in [0.2, 0.25) is 17.7 Å². The number of aromatic amines is 1. The van der Waals surface area contributed by atoms with Gasteiger partial charge in [0.05, 0.1) is 18.7 Å². The lowest BCUT2D eigenvalue weighted by atomic mass is 9.87. The molecular weight excluding hydrogens is 658 g/mol. The normalized spacial score (nSPS) is 22.3. The first-order valence-corrected chi connectivity index (χ1v) is 18.3. The summed E-state index contributed by atoms with van der Waals surface area (Å²) in [7, 11) is 0. The Labute approximate surface area is 302 Å². The van der Waals surface area contributed by atoms with E-state index in [9.17, 15) is 19.2 Å². The topological polar surface area (TPSA) is 150 Å². The van der Waals surface area contributed by atoms with E-state index in [0.29, 0.717) is 36.2 Å². The first kappa shape index (κ1) is 33.8. The van der Waals surface area contributed by atoms with Crippen LogP contribution in [0.25, 0.3) is 0 Å². The van der Waals surface area contributed by atoms with E-state index in [4.69, 9.17) is 4.74 Å². The number of H-pyrrole nitrogens is 1. The Bertz CT molecular complexity index is 1950. The number of rotatable bonds is 10. The van der Waals surface area contributed by atoms with E-state index >= 15 is 0 Å². The number of nitrogens with zero attached hydrogens (tertiary/aromatic N) is 4. The van der Waals surface area contributed by atoms with Gasteiger partial charge in [-0.15, -0.1) is 0 Å². The number of ether oxygens (including phenoxy) is 1. The summed E-state index contributed by atoms with van der Waals surface area (Å²) in [4.78, 5) is 58.2. The molecule has 2 saturated heterocycles. The molecule has 5 heterocycles. The van der Waals surface area contributed by atoms with Crippen LogP contribution in [-0.4, -0.2) is 73.8 Å². The fourth-order valence-corrected chi connectivity index (χ4v) is 8.21. The van der Waals surface area contributed by atoms with Crippen LogP contribution in [0.2, 0.25) is 0 Å². The number of carbonyl (C=O) groups is 4. The van der Waals surface area contributed by atoms with Crippen LogP contribution in [0.1, 0.15) is 95.1 Å². The molecule has 4 aromatic rings. The predicted molar refractivity (Wildman–Crippen MR) is 192 cm³/mol. The highest BCUT2D eigenvalue weighted by Crippen LogP contribution is 2.37. The van der Waals surface area contributed by atoms with E-state index in [1.54, 1.807) is 17.3 Å². The zero-order chi connectivity index (χ0) is 35.6. The number of carbonyl (C=O) groups excluding carboxylic acids is 4. The average Bonchev–Trinajstić information content (AvgIpc) is 3.89. The summed E-state index contributed by atoms with van der Waals surface area (Å²) in [6.07, 6.45) is 9.40. The van der Waals surface area contributed by atoms with Gasteiger partial charge in [0, 0.05) is 48.9 Å². The van der Waals surface area contributed by atoms with Gasteiger partial charge in [0.25, 0.3) is 5.91 Å². The number of aromatic nitrogens is 3. The number of fused-ring (bicyclic) bond motifs is 1. The van der Waals surface area contributed by atoms with Gasteiger partial charge < -0.3 is 15.0 Å². The Morgan fingerprint density at radius 1 is 0.923 bits per heavy atom. The number of amides is 4. The van der Waals surface area contributed by atoms with Gasteiger partial charge in [0.15, 0.2) is 5.82 Å². The number of nitrogens with one attached hydrogen (secondary N) is 3. The lowest BCUT2D eigenvalue weighted by Crippen LogP contribution is -2.52. The zero-order valence-corrected chi connectivity index (χ0v) is 29.1. The van der Waals surface area contributed by atoms with E-state index in [2.05, 4.69) is 55.0 Å². The van der Waals surface area contributed by atoms with Gasteiger partial charge in [-0.25, -0.2) is 0 Å². The molecule has 12 nitrogen and oxygen atoms in total. The smallest absolute Gasteiger partial charge is 0.255 e. The molecule has 52 heavy (non-hydrogen) atoms. The van der Waals surface area contributed by atoms with Gasteiger partial charge in [-0.1, -0.05) is 36.4 Å². The van der Waals surface area contributed by atoms with Crippen LogP contribution >= 0.6 is 0 Å². The summed E-state index contributed by atoms with van der Waals surface area (Å²) >= 11 is 0. The van der Waals surface area contributed by atoms with Crippen molar-refractivity contribution in [3.05, 3.63) is 107 Å². The van der Waals surface area contributed by atoms with Gasteiger partial charge >= 0.3 is 0 Å². The highest BCUT2D eigenvalue weighted by Gasteiger charge is 2.39. The lowest BCUT2D eigenvalue weighted by molar-refractivity contribution is -0.137. The quantitative estimate of drug-likeness (QED) is 0.199. The maximum Gasteiger partial charge on any atom is 0.255 e. The van der Waals surface area contributed by atoms with Crippen LogP contribution in [-0.2, 0) is 33.9 Å². The van der Waals surface area contributed by atoms with Crippen LogP contribution in [0.15, 0.2) is 73.1 Å². The summed E-state index contributed by atoms with van der Waals surface area (Å²) in [6, 6.07) is 19.5. The predicted octanol–water partition coefficient (Wildman–Crippen LogP) is 4.84. The molecular formula is C40H43N7O5. The fourth-order valence-electron chi connectivity index (χ4n) is 8.21. The Hall–Kier alpha value is -5.36. The monoisotopic (exact) mass is 701 g/mol. The van der Waals surface area contributed by atoms with Crippen molar-refractivity contribution in [2.24, 2.45) is 0 Å². The van der Waals surface area contributed by atoms with Crippen molar-refractivity contribution in [2.45, 2.75) is 88.4 Å². The molecule has 3 N–H and O–H groups in total. The molecule has 2 aromatic carbocycles. The number of anilines is 1. The van der Waals surface area contributed by atoms with Gasteiger partial charge in [0.1, 0.15) is 11.8 Å². The van der Waals surface area contributed by atoms with Crippen LogP contribution in [0.5, 0.6) is 5.75 Å². The van der Waals surface area contributed by atoms with Crippen molar-refractivity contribution in [1.29, 1.82) is 0 Å². The maximum atomic E-state index is 13.1. The summed E-state index contributed by atoms with van der Waals surface area (Å²) in [5.41, 5.74) is 6.04. The molecule has 0 spiro atoms. The Balaban J connectivity index is 0.779. The summed E-state index contributed by atoms with van der Waals surface area (Å²) in [6.45, 7) is 3.19. The largest absolute Gasteiger partial charge is 0.489 e. The summed E-state index contributed by atoms with van der Waals surface area (Å²) < 4.78 is 6.08. The SMILES string of the molecule is O=C1CCC(N2Cc3cc(C4CCN(Cc5ccc(CC(=O)Nc6cc([C@H]7CC[C@@H](Oc8cccnc8)C7)[nH]n6)cc5)CC4)ccc3C2=O)C(=O)N1. The van der Waals surface area contributed by atoms with Crippen molar-refractivity contribution < 1.29 is 23.9 Å². The second-order valence-electron chi connectivity index (χ2n) is 14.6. The van der Waals surface area contributed by atoms with Gasteiger partial charge in [-0.05, 0) is 98.0 Å². The second kappa shape index (κ2) is 14.7. The Morgan fingerprint density at radius 3 is 2.54 bits per heavy atom. The summed E-state index contributed by atoms with van der Waals surface area (Å²) in [5.74, 6) is 1.15. The Morgan fingerprint density at radius 2 is 1.75 bits per heavy atom. The fraction of sp³-hybridized carbons (Fsp3) is 0.400. The standard InChI is InChI=1S/C40H43N7O5/c48-37-12-11-35(39(50)43-37)47-24-30-19-28(8-10-33(30)40(47)51)27-13-16-46(17-14-27)23-26-5-3-25(4-6-26)18-38(49)42-36-21-34(44-45-36)29-7-9-31(20-29)52-32-2-1-15-41-22-32/h1-6,8,10,15,19,21-22,27,29,31,35H,7,9,11-14,16-18,20,23-24H2,(H,43,48,50)(H2,42,44,45,49)/t29-,31+,35?/m0/s1. The molecule has 8 rings (SSSR count). The van der Waals surface area contributed by atoms with Crippen LogP contribution in [0.3, 0.4) is 0 Å². The zero-order valence-electron chi connectivity index (χ0n) is 29.1. The number of imide groups is 1. The molecule has 1 saturated carbocycles. The van der Waals surface area contributed by atoms with E-state index in [1.807, 2.05) is 36.4 Å². The maximum absolute atomic E-state index is 13.1. The summed E-state index contributed by atoms with van der Waals surface area (Å²) in [5, 5.41) is 12.8. The molecule has 4 amide bonds. The van der Waals surface area contributed by atoms with Crippen molar-refractivity contribution in [2.75, 3.05) is 18.4 Å². The third kappa shape index (κ3) is 7.48. The third-order valence-electron chi connectivity index (χ3n) is 11.0. The first-order chi connectivity index (χ1) is 25.3. The van der Waals surface area contributed by atoms with Crippen molar-refractivity contribution in [3.8, 4) is 5.75 Å². The molecule has 3 atom stereocenters. The van der Waals surface area contributed by atoms with Crippen LogP contribution < -0.4 is 15.4 Å². The number of piperidine rings is 2. The van der Waals surface area contributed by atoms with Gasteiger partial charge in [-0.2, -0.15) is 5.10 Å². The number of benzene rings is 2. The molecule has 4 aliphatic rings. The minimum atomic E-state index is -0.595.